The number of anilines is 1. The van der Waals surface area contributed by atoms with Crippen molar-refractivity contribution in [3.63, 3.8) is 0 Å². The van der Waals surface area contributed by atoms with Gasteiger partial charge in [-0.05, 0) is 30.2 Å². The van der Waals surface area contributed by atoms with Crippen LogP contribution in [0.25, 0.3) is 0 Å². The highest BCUT2D eigenvalue weighted by atomic mass is 16.3. The van der Waals surface area contributed by atoms with Crippen molar-refractivity contribution < 1.29 is 9.90 Å². The van der Waals surface area contributed by atoms with Gasteiger partial charge >= 0.3 is 0 Å². The van der Waals surface area contributed by atoms with Gasteiger partial charge in [-0.3, -0.25) is 9.69 Å². The Bertz CT molecular complexity index is 718. The molecule has 2 atom stereocenters. The monoisotopic (exact) mass is 353 g/mol. The van der Waals surface area contributed by atoms with E-state index in [9.17, 15) is 9.90 Å². The first kappa shape index (κ1) is 18.4. The highest BCUT2D eigenvalue weighted by Gasteiger charge is 2.32. The number of hydrogen-bond acceptors (Lipinski definition) is 4. The Labute approximate surface area is 155 Å². The highest BCUT2D eigenvalue weighted by molar-refractivity contribution is 5.84. The van der Waals surface area contributed by atoms with Gasteiger partial charge in [0, 0.05) is 38.9 Å². The van der Waals surface area contributed by atoms with Gasteiger partial charge in [0.2, 0.25) is 5.91 Å². The average Bonchev–Trinajstić information content (AvgIpc) is 2.68. The fraction of sp³-hybridized carbons (Fsp3) is 0.381. The molecule has 0 spiro atoms. The lowest BCUT2D eigenvalue weighted by molar-refractivity contribution is -0.130. The van der Waals surface area contributed by atoms with E-state index in [2.05, 4.69) is 22.0 Å². The van der Waals surface area contributed by atoms with E-state index in [0.29, 0.717) is 13.1 Å². The third-order valence-corrected chi connectivity index (χ3v) is 5.03. The Hall–Kier alpha value is -2.37. The summed E-state index contributed by atoms with van der Waals surface area (Å²) < 4.78 is 0. The molecular weight excluding hydrogens is 326 g/mol. The zero-order valence-electron chi connectivity index (χ0n) is 15.4. The molecule has 0 aromatic heterocycles. The number of benzene rings is 2. The van der Waals surface area contributed by atoms with Crippen molar-refractivity contribution in [3.05, 3.63) is 65.7 Å². The fourth-order valence-corrected chi connectivity index (χ4v) is 3.37. The summed E-state index contributed by atoms with van der Waals surface area (Å²) in [5, 5.41) is 13.5. The van der Waals surface area contributed by atoms with Gasteiger partial charge in [-0.1, -0.05) is 42.5 Å². The van der Waals surface area contributed by atoms with Crippen molar-refractivity contribution in [2.24, 2.45) is 0 Å². The SMILES string of the molecule is CCN(C)c1ccc(C2C(=O)NCCN2CC(O)c2ccccc2)cc1. The molecule has 2 aromatic carbocycles. The molecule has 1 saturated heterocycles. The number of amides is 1. The molecule has 0 bridgehead atoms. The van der Waals surface area contributed by atoms with E-state index in [1.165, 1.54) is 0 Å². The Morgan fingerprint density at radius 1 is 1.19 bits per heavy atom. The van der Waals surface area contributed by atoms with Crippen LogP contribution >= 0.6 is 0 Å². The molecule has 3 rings (SSSR count). The third kappa shape index (κ3) is 4.06. The van der Waals surface area contributed by atoms with Gasteiger partial charge in [0.05, 0.1) is 6.10 Å². The van der Waals surface area contributed by atoms with Gasteiger partial charge in [0.15, 0.2) is 0 Å². The largest absolute Gasteiger partial charge is 0.387 e. The van der Waals surface area contributed by atoms with Crippen LogP contribution in [0.3, 0.4) is 0 Å². The van der Waals surface area contributed by atoms with E-state index in [4.69, 9.17) is 0 Å². The molecule has 2 aromatic rings. The number of nitrogens with zero attached hydrogens (tertiary/aromatic N) is 2. The molecular formula is C21H27N3O2. The second-order valence-corrected chi connectivity index (χ2v) is 6.72. The molecule has 2 N–H and O–H groups in total. The van der Waals surface area contributed by atoms with Crippen LogP contribution in [0.5, 0.6) is 0 Å². The summed E-state index contributed by atoms with van der Waals surface area (Å²) in [6.45, 7) is 4.79. The molecule has 0 aliphatic carbocycles. The Kier molecular flexibility index (Phi) is 5.91. The van der Waals surface area contributed by atoms with Gasteiger partial charge in [-0.25, -0.2) is 0 Å². The van der Waals surface area contributed by atoms with Crippen LogP contribution in [0.1, 0.15) is 30.2 Å². The summed E-state index contributed by atoms with van der Waals surface area (Å²) in [5.74, 6) is -0.00638. The fourth-order valence-electron chi connectivity index (χ4n) is 3.37. The lowest BCUT2D eigenvalue weighted by Gasteiger charge is -2.36. The maximum atomic E-state index is 12.6. The van der Waals surface area contributed by atoms with Gasteiger partial charge in [0.1, 0.15) is 6.04 Å². The van der Waals surface area contributed by atoms with E-state index in [1.54, 1.807) is 0 Å². The van der Waals surface area contributed by atoms with Gasteiger partial charge < -0.3 is 15.3 Å². The highest BCUT2D eigenvalue weighted by Crippen LogP contribution is 2.27. The number of piperazine rings is 1. The van der Waals surface area contributed by atoms with Gasteiger partial charge in [-0.15, -0.1) is 0 Å². The smallest absolute Gasteiger partial charge is 0.242 e. The third-order valence-electron chi connectivity index (χ3n) is 5.03. The normalized spacial score (nSPS) is 19.0. The van der Waals surface area contributed by atoms with Crippen LogP contribution in [0.2, 0.25) is 0 Å². The number of nitrogens with one attached hydrogen (secondary N) is 1. The molecule has 26 heavy (non-hydrogen) atoms. The van der Waals surface area contributed by atoms with E-state index in [-0.39, 0.29) is 11.9 Å². The number of aliphatic hydroxyl groups is 1. The number of aliphatic hydroxyl groups excluding tert-OH is 1. The van der Waals surface area contributed by atoms with Gasteiger partial charge in [0.25, 0.3) is 0 Å². The first-order chi connectivity index (χ1) is 12.6. The van der Waals surface area contributed by atoms with Crippen LogP contribution in [-0.4, -0.2) is 49.1 Å². The van der Waals surface area contributed by atoms with Crippen LogP contribution in [-0.2, 0) is 4.79 Å². The predicted octanol–water partition coefficient (Wildman–Crippen LogP) is 2.35. The molecule has 0 saturated carbocycles. The molecule has 5 nitrogen and oxygen atoms in total. The summed E-state index contributed by atoms with van der Waals surface area (Å²) in [6.07, 6.45) is -0.616. The summed E-state index contributed by atoms with van der Waals surface area (Å²) in [4.78, 5) is 16.8. The number of carbonyl (C=O) groups excluding carboxylic acids is 1. The van der Waals surface area contributed by atoms with Crippen LogP contribution < -0.4 is 10.2 Å². The zero-order valence-corrected chi connectivity index (χ0v) is 15.4. The predicted molar refractivity (Wildman–Crippen MR) is 104 cm³/mol. The minimum absolute atomic E-state index is 0.00638. The molecule has 2 unspecified atom stereocenters. The van der Waals surface area contributed by atoms with Crippen LogP contribution in [0.15, 0.2) is 54.6 Å². The summed E-state index contributed by atoms with van der Waals surface area (Å²) in [6, 6.07) is 17.4. The Balaban J connectivity index is 1.79. The number of rotatable bonds is 6. The molecule has 138 valence electrons. The van der Waals surface area contributed by atoms with E-state index >= 15 is 0 Å². The Morgan fingerprint density at radius 3 is 2.54 bits per heavy atom. The molecule has 5 heteroatoms. The first-order valence-corrected chi connectivity index (χ1v) is 9.16. The van der Waals surface area contributed by atoms with Crippen LogP contribution in [0.4, 0.5) is 5.69 Å². The van der Waals surface area contributed by atoms with Crippen molar-refractivity contribution in [2.75, 3.05) is 38.1 Å². The quantitative estimate of drug-likeness (QED) is 0.837. The standard InChI is InChI=1S/C21H27N3O2/c1-3-23(2)18-11-9-17(10-12-18)20-21(26)22-13-14-24(20)15-19(25)16-7-5-4-6-8-16/h4-12,19-20,25H,3,13-15H2,1-2H3,(H,22,26). The lowest BCUT2D eigenvalue weighted by atomic mass is 10.00. The van der Waals surface area contributed by atoms with Gasteiger partial charge in [-0.2, -0.15) is 0 Å². The summed E-state index contributed by atoms with van der Waals surface area (Å²) in [5.41, 5.74) is 2.95. The summed E-state index contributed by atoms with van der Waals surface area (Å²) >= 11 is 0. The number of β-amino-alcohol motifs (C(OH)–C–C–N with tert-alkyl or cyclic N) is 1. The zero-order chi connectivity index (χ0) is 18.5. The van der Waals surface area contributed by atoms with Crippen molar-refractivity contribution in [3.8, 4) is 0 Å². The van der Waals surface area contributed by atoms with Crippen molar-refractivity contribution in [1.29, 1.82) is 0 Å². The summed E-state index contributed by atoms with van der Waals surface area (Å²) in [7, 11) is 2.05. The maximum Gasteiger partial charge on any atom is 0.242 e. The number of carbonyl (C=O) groups is 1. The minimum Gasteiger partial charge on any atom is -0.387 e. The lowest BCUT2D eigenvalue weighted by Crippen LogP contribution is -2.51. The van der Waals surface area contributed by atoms with Crippen LogP contribution in [0, 0.1) is 0 Å². The average molecular weight is 353 g/mol. The van der Waals surface area contributed by atoms with E-state index < -0.39 is 6.10 Å². The molecule has 1 heterocycles. The minimum atomic E-state index is -0.616. The maximum absolute atomic E-state index is 12.6. The van der Waals surface area contributed by atoms with E-state index in [1.807, 2.05) is 61.6 Å². The molecule has 1 fully saturated rings. The second-order valence-electron chi connectivity index (χ2n) is 6.72. The molecule has 1 amide bonds. The van der Waals surface area contributed by atoms with Crippen molar-refractivity contribution in [2.45, 2.75) is 19.1 Å². The Morgan fingerprint density at radius 2 is 1.88 bits per heavy atom. The molecule has 0 radical (unpaired) electrons. The van der Waals surface area contributed by atoms with Crippen molar-refractivity contribution in [1.82, 2.24) is 10.2 Å². The molecule has 1 aliphatic heterocycles. The topological polar surface area (TPSA) is 55.8 Å². The van der Waals surface area contributed by atoms with Crippen molar-refractivity contribution >= 4 is 11.6 Å². The molecule has 1 aliphatic rings. The second kappa shape index (κ2) is 8.34. The van der Waals surface area contributed by atoms with E-state index in [0.717, 1.165) is 29.9 Å². The first-order valence-electron chi connectivity index (χ1n) is 9.16. The number of hydrogen-bond donors (Lipinski definition) is 2.